The molecule has 0 radical (unpaired) electrons. The second kappa shape index (κ2) is 7.21. The molecule has 4 aromatic rings. The molecule has 8 heteroatoms. The molecule has 0 bridgehead atoms. The van der Waals surface area contributed by atoms with Crippen LogP contribution in [0.4, 0.5) is 5.13 Å². The SMILES string of the molecule is COc1ccc2nc(NC(=O)CS(=O)(=O)c3ccc4ccccc4c3)sc2c1. The summed E-state index contributed by atoms with van der Waals surface area (Å²) in [7, 11) is -2.20. The van der Waals surface area contributed by atoms with Crippen LogP contribution in [-0.4, -0.2) is 32.2 Å². The smallest absolute Gasteiger partial charge is 0.241 e. The number of benzene rings is 3. The second-order valence-corrected chi connectivity index (χ2v) is 9.19. The number of aromatic nitrogens is 1. The van der Waals surface area contributed by atoms with Crippen LogP contribution in [0, 0.1) is 0 Å². The number of carbonyl (C=O) groups excluding carboxylic acids is 1. The van der Waals surface area contributed by atoms with Crippen LogP contribution >= 0.6 is 11.3 Å². The van der Waals surface area contributed by atoms with Crippen molar-refractivity contribution in [1.29, 1.82) is 0 Å². The van der Waals surface area contributed by atoms with Gasteiger partial charge < -0.3 is 10.1 Å². The van der Waals surface area contributed by atoms with Crippen LogP contribution in [0.1, 0.15) is 0 Å². The van der Waals surface area contributed by atoms with Gasteiger partial charge in [-0.2, -0.15) is 0 Å². The molecule has 1 aromatic heterocycles. The lowest BCUT2D eigenvalue weighted by molar-refractivity contribution is -0.113. The van der Waals surface area contributed by atoms with E-state index in [0.29, 0.717) is 16.4 Å². The van der Waals surface area contributed by atoms with Crippen LogP contribution in [0.15, 0.2) is 65.6 Å². The van der Waals surface area contributed by atoms with Gasteiger partial charge >= 0.3 is 0 Å². The molecule has 4 rings (SSSR count). The number of hydrogen-bond acceptors (Lipinski definition) is 6. The number of nitrogens with zero attached hydrogens (tertiary/aromatic N) is 1. The maximum atomic E-state index is 12.6. The molecule has 0 saturated carbocycles. The van der Waals surface area contributed by atoms with Crippen LogP contribution in [0.5, 0.6) is 5.75 Å². The third-order valence-electron chi connectivity index (χ3n) is 4.24. The van der Waals surface area contributed by atoms with Crippen molar-refractivity contribution in [2.24, 2.45) is 0 Å². The molecule has 1 amide bonds. The fraction of sp³-hybridized carbons (Fsp3) is 0.100. The lowest BCUT2D eigenvalue weighted by Crippen LogP contribution is -2.22. The summed E-state index contributed by atoms with van der Waals surface area (Å²) in [6, 6.07) is 17.7. The zero-order valence-corrected chi connectivity index (χ0v) is 16.5. The first-order chi connectivity index (χ1) is 13.4. The summed E-state index contributed by atoms with van der Waals surface area (Å²) < 4.78 is 31.3. The molecule has 0 aliphatic carbocycles. The minimum atomic E-state index is -3.77. The van der Waals surface area contributed by atoms with Gasteiger partial charge in [0.1, 0.15) is 11.5 Å². The number of nitrogens with one attached hydrogen (secondary N) is 1. The molecule has 142 valence electrons. The van der Waals surface area contributed by atoms with Crippen LogP contribution in [0.25, 0.3) is 21.0 Å². The minimum Gasteiger partial charge on any atom is -0.497 e. The molecule has 6 nitrogen and oxygen atoms in total. The number of fused-ring (bicyclic) bond motifs is 2. The summed E-state index contributed by atoms with van der Waals surface area (Å²) in [6.45, 7) is 0. The number of carbonyl (C=O) groups is 1. The van der Waals surface area contributed by atoms with E-state index in [9.17, 15) is 13.2 Å². The van der Waals surface area contributed by atoms with E-state index in [-0.39, 0.29) is 4.90 Å². The van der Waals surface area contributed by atoms with Gasteiger partial charge in [0.15, 0.2) is 15.0 Å². The van der Waals surface area contributed by atoms with E-state index in [1.807, 2.05) is 30.3 Å². The fourth-order valence-electron chi connectivity index (χ4n) is 2.86. The van der Waals surface area contributed by atoms with Crippen molar-refractivity contribution in [3.63, 3.8) is 0 Å². The third kappa shape index (κ3) is 3.69. The first-order valence-electron chi connectivity index (χ1n) is 8.41. The lowest BCUT2D eigenvalue weighted by Gasteiger charge is -2.06. The van der Waals surface area contributed by atoms with E-state index in [4.69, 9.17) is 4.74 Å². The number of rotatable bonds is 5. The molecule has 0 atom stereocenters. The molecule has 0 saturated heterocycles. The van der Waals surface area contributed by atoms with Crippen molar-refractivity contribution in [2.45, 2.75) is 4.90 Å². The average Bonchev–Trinajstić information content (AvgIpc) is 3.08. The van der Waals surface area contributed by atoms with Crippen molar-refractivity contribution in [3.8, 4) is 5.75 Å². The lowest BCUT2D eigenvalue weighted by atomic mass is 10.1. The Hall–Kier alpha value is -2.97. The topological polar surface area (TPSA) is 85.4 Å². The van der Waals surface area contributed by atoms with Gasteiger partial charge in [0.25, 0.3) is 0 Å². The van der Waals surface area contributed by atoms with Crippen molar-refractivity contribution in [3.05, 3.63) is 60.7 Å². The second-order valence-electron chi connectivity index (χ2n) is 6.17. The normalized spacial score (nSPS) is 11.6. The van der Waals surface area contributed by atoms with Gasteiger partial charge in [0.05, 0.1) is 22.2 Å². The van der Waals surface area contributed by atoms with Gasteiger partial charge in [0, 0.05) is 0 Å². The maximum absolute atomic E-state index is 12.6. The highest BCUT2D eigenvalue weighted by Crippen LogP contribution is 2.29. The zero-order chi connectivity index (χ0) is 19.7. The van der Waals surface area contributed by atoms with Crippen LogP contribution < -0.4 is 10.1 Å². The van der Waals surface area contributed by atoms with Gasteiger partial charge in [-0.25, -0.2) is 13.4 Å². The molecule has 28 heavy (non-hydrogen) atoms. The Labute approximate surface area is 165 Å². The molecular weight excluding hydrogens is 396 g/mol. The standard InChI is InChI=1S/C20H16N2O4S2/c1-26-15-7-9-17-18(11-15)27-20(21-17)22-19(23)12-28(24,25)16-8-6-13-4-2-3-5-14(13)10-16/h2-11H,12H2,1H3,(H,21,22,23). The Balaban J connectivity index is 1.53. The molecule has 0 aliphatic rings. The molecule has 0 fully saturated rings. The predicted octanol–water partition coefficient (Wildman–Crippen LogP) is 3.87. The van der Waals surface area contributed by atoms with E-state index < -0.39 is 21.5 Å². The van der Waals surface area contributed by atoms with Crippen LogP contribution in [-0.2, 0) is 14.6 Å². The average molecular weight is 412 g/mol. The highest BCUT2D eigenvalue weighted by atomic mass is 32.2. The van der Waals surface area contributed by atoms with Crippen molar-refractivity contribution < 1.29 is 17.9 Å². The predicted molar refractivity (Wildman–Crippen MR) is 111 cm³/mol. The number of anilines is 1. The van der Waals surface area contributed by atoms with Crippen molar-refractivity contribution in [2.75, 3.05) is 18.2 Å². The van der Waals surface area contributed by atoms with E-state index in [0.717, 1.165) is 15.5 Å². The Bertz CT molecular complexity index is 1300. The Morgan fingerprint density at radius 3 is 2.64 bits per heavy atom. The molecule has 1 N–H and O–H groups in total. The van der Waals surface area contributed by atoms with Gasteiger partial charge in [-0.15, -0.1) is 0 Å². The largest absolute Gasteiger partial charge is 0.497 e. The molecule has 3 aromatic carbocycles. The van der Waals surface area contributed by atoms with E-state index in [2.05, 4.69) is 10.3 Å². The minimum absolute atomic E-state index is 0.121. The number of methoxy groups -OCH3 is 1. The third-order valence-corrected chi connectivity index (χ3v) is 6.79. The summed E-state index contributed by atoms with van der Waals surface area (Å²) in [5.74, 6) is -0.586. The van der Waals surface area contributed by atoms with Gasteiger partial charge in [0.2, 0.25) is 5.91 Å². The number of hydrogen-bond donors (Lipinski definition) is 1. The summed E-state index contributed by atoms with van der Waals surface area (Å²) >= 11 is 1.26. The van der Waals surface area contributed by atoms with Crippen LogP contribution in [0.2, 0.25) is 0 Å². The first-order valence-corrected chi connectivity index (χ1v) is 10.9. The number of amides is 1. The van der Waals surface area contributed by atoms with Crippen molar-refractivity contribution >= 4 is 53.2 Å². The molecular formula is C20H16N2O4S2. The first kappa shape index (κ1) is 18.4. The molecule has 1 heterocycles. The van der Waals surface area contributed by atoms with E-state index >= 15 is 0 Å². The summed E-state index contributed by atoms with van der Waals surface area (Å²) in [6.07, 6.45) is 0. The zero-order valence-electron chi connectivity index (χ0n) is 14.9. The summed E-state index contributed by atoms with van der Waals surface area (Å²) in [5.41, 5.74) is 0.707. The van der Waals surface area contributed by atoms with E-state index in [1.165, 1.54) is 17.4 Å². The van der Waals surface area contributed by atoms with Crippen LogP contribution in [0.3, 0.4) is 0 Å². The summed E-state index contributed by atoms with van der Waals surface area (Å²) in [5, 5.41) is 4.68. The van der Waals surface area contributed by atoms with E-state index in [1.54, 1.807) is 31.4 Å². The Morgan fingerprint density at radius 1 is 1.07 bits per heavy atom. The fourth-order valence-corrected chi connectivity index (χ4v) is 4.93. The van der Waals surface area contributed by atoms with Crippen molar-refractivity contribution in [1.82, 2.24) is 4.98 Å². The number of thiazole rings is 1. The highest BCUT2D eigenvalue weighted by molar-refractivity contribution is 7.92. The molecule has 0 unspecified atom stereocenters. The number of ether oxygens (including phenoxy) is 1. The Morgan fingerprint density at radius 2 is 1.86 bits per heavy atom. The summed E-state index contributed by atoms with van der Waals surface area (Å²) in [4.78, 5) is 16.7. The molecule has 0 spiro atoms. The monoisotopic (exact) mass is 412 g/mol. The van der Waals surface area contributed by atoms with Gasteiger partial charge in [-0.1, -0.05) is 41.7 Å². The van der Waals surface area contributed by atoms with Gasteiger partial charge in [-0.3, -0.25) is 4.79 Å². The highest BCUT2D eigenvalue weighted by Gasteiger charge is 2.20. The maximum Gasteiger partial charge on any atom is 0.241 e. The van der Waals surface area contributed by atoms with Gasteiger partial charge in [-0.05, 0) is 41.1 Å². The molecule has 0 aliphatic heterocycles. The number of sulfone groups is 1. The Kier molecular flexibility index (Phi) is 4.74. The quantitative estimate of drug-likeness (QED) is 0.538.